The SMILES string of the molecule is C/C(CO)=N\NC(=O)c1ccc2ccccc2c1. The second kappa shape index (κ2) is 5.42. The first-order valence-corrected chi connectivity index (χ1v) is 5.64. The molecule has 0 spiro atoms. The zero-order chi connectivity index (χ0) is 13.0. The highest BCUT2D eigenvalue weighted by molar-refractivity contribution is 5.99. The molecule has 0 aliphatic carbocycles. The minimum atomic E-state index is -0.284. The van der Waals surface area contributed by atoms with Crippen molar-refractivity contribution in [3.63, 3.8) is 0 Å². The Morgan fingerprint density at radius 1 is 1.22 bits per heavy atom. The number of benzene rings is 2. The molecule has 1 amide bonds. The molecule has 0 bridgehead atoms. The lowest BCUT2D eigenvalue weighted by Crippen LogP contribution is -2.19. The lowest BCUT2D eigenvalue weighted by molar-refractivity contribution is 0.0954. The van der Waals surface area contributed by atoms with E-state index in [2.05, 4.69) is 10.5 Å². The predicted molar refractivity (Wildman–Crippen MR) is 71.6 cm³/mol. The quantitative estimate of drug-likeness (QED) is 0.638. The summed E-state index contributed by atoms with van der Waals surface area (Å²) < 4.78 is 0. The highest BCUT2D eigenvalue weighted by atomic mass is 16.3. The first-order chi connectivity index (χ1) is 8.70. The molecular weight excluding hydrogens is 228 g/mol. The second-order valence-electron chi connectivity index (χ2n) is 4.01. The molecule has 0 saturated heterocycles. The van der Waals surface area contributed by atoms with Crippen molar-refractivity contribution in [2.24, 2.45) is 5.10 Å². The predicted octanol–water partition coefficient (Wildman–Crippen LogP) is 1.94. The van der Waals surface area contributed by atoms with Crippen LogP contribution < -0.4 is 5.43 Å². The van der Waals surface area contributed by atoms with Gasteiger partial charge in [-0.15, -0.1) is 0 Å². The lowest BCUT2D eigenvalue weighted by Gasteiger charge is -2.03. The van der Waals surface area contributed by atoms with Crippen LogP contribution in [-0.4, -0.2) is 23.3 Å². The van der Waals surface area contributed by atoms with Gasteiger partial charge in [0, 0.05) is 5.56 Å². The zero-order valence-corrected chi connectivity index (χ0v) is 10.1. The first kappa shape index (κ1) is 12.3. The molecule has 0 atom stereocenters. The maximum absolute atomic E-state index is 11.8. The Bertz CT molecular complexity index is 606. The van der Waals surface area contributed by atoms with Gasteiger partial charge in [-0.2, -0.15) is 5.10 Å². The summed E-state index contributed by atoms with van der Waals surface area (Å²) in [6.07, 6.45) is 0. The van der Waals surface area contributed by atoms with Crippen molar-refractivity contribution in [3.05, 3.63) is 48.0 Å². The molecule has 0 aliphatic rings. The van der Waals surface area contributed by atoms with Crippen LogP contribution in [0, 0.1) is 0 Å². The standard InChI is InChI=1S/C14H14N2O2/c1-10(9-17)15-16-14(18)13-7-6-11-4-2-3-5-12(11)8-13/h2-8,17H,9H2,1H3,(H,16,18)/b15-10+. The molecule has 0 radical (unpaired) electrons. The average molecular weight is 242 g/mol. The van der Waals surface area contributed by atoms with E-state index < -0.39 is 0 Å². The molecule has 2 N–H and O–H groups in total. The van der Waals surface area contributed by atoms with E-state index in [0.717, 1.165) is 10.8 Å². The molecular formula is C14H14N2O2. The number of amides is 1. The van der Waals surface area contributed by atoms with Gasteiger partial charge in [-0.3, -0.25) is 4.79 Å². The number of aliphatic hydroxyl groups is 1. The number of carbonyl (C=O) groups excluding carboxylic acids is 1. The monoisotopic (exact) mass is 242 g/mol. The summed E-state index contributed by atoms with van der Waals surface area (Å²) in [6.45, 7) is 1.47. The number of hydrogen-bond acceptors (Lipinski definition) is 3. The van der Waals surface area contributed by atoms with E-state index in [1.54, 1.807) is 13.0 Å². The van der Waals surface area contributed by atoms with E-state index in [-0.39, 0.29) is 12.5 Å². The summed E-state index contributed by atoms with van der Waals surface area (Å²) in [7, 11) is 0. The second-order valence-corrected chi connectivity index (χ2v) is 4.01. The van der Waals surface area contributed by atoms with E-state index >= 15 is 0 Å². The lowest BCUT2D eigenvalue weighted by atomic mass is 10.1. The summed E-state index contributed by atoms with van der Waals surface area (Å²) in [5.41, 5.74) is 3.41. The number of carbonyl (C=O) groups is 1. The Balaban J connectivity index is 2.23. The largest absolute Gasteiger partial charge is 0.390 e. The molecule has 2 aromatic carbocycles. The van der Waals surface area contributed by atoms with Crippen molar-refractivity contribution in [3.8, 4) is 0 Å². The topological polar surface area (TPSA) is 61.7 Å². The summed E-state index contributed by atoms with van der Waals surface area (Å²) in [4.78, 5) is 11.8. The fraction of sp³-hybridized carbons (Fsp3) is 0.143. The van der Waals surface area contributed by atoms with Crippen LogP contribution >= 0.6 is 0 Å². The Hall–Kier alpha value is -2.20. The van der Waals surface area contributed by atoms with Crippen LogP contribution in [0.25, 0.3) is 10.8 Å². The Morgan fingerprint density at radius 3 is 2.67 bits per heavy atom. The molecule has 4 nitrogen and oxygen atoms in total. The summed E-state index contributed by atoms with van der Waals surface area (Å²) >= 11 is 0. The van der Waals surface area contributed by atoms with Crippen LogP contribution in [0.3, 0.4) is 0 Å². The summed E-state index contributed by atoms with van der Waals surface area (Å²) in [5, 5.41) is 14.6. The molecule has 4 heteroatoms. The van der Waals surface area contributed by atoms with Crippen LogP contribution in [0.15, 0.2) is 47.6 Å². The van der Waals surface area contributed by atoms with E-state index in [1.165, 1.54) is 0 Å². The van der Waals surface area contributed by atoms with Gasteiger partial charge in [0.15, 0.2) is 0 Å². The van der Waals surface area contributed by atoms with Gasteiger partial charge in [0.05, 0.1) is 12.3 Å². The Labute approximate surface area is 105 Å². The third kappa shape index (κ3) is 2.73. The molecule has 2 rings (SSSR count). The molecule has 0 fully saturated rings. The minimum Gasteiger partial charge on any atom is -0.390 e. The fourth-order valence-electron chi connectivity index (χ4n) is 1.58. The van der Waals surface area contributed by atoms with Crippen molar-refractivity contribution >= 4 is 22.4 Å². The summed E-state index contributed by atoms with van der Waals surface area (Å²) in [5.74, 6) is -0.284. The van der Waals surface area contributed by atoms with Gasteiger partial charge in [-0.05, 0) is 29.8 Å². The number of rotatable bonds is 3. The highest BCUT2D eigenvalue weighted by Crippen LogP contribution is 2.15. The van der Waals surface area contributed by atoms with Gasteiger partial charge in [0.25, 0.3) is 5.91 Å². The molecule has 0 aromatic heterocycles. The van der Waals surface area contributed by atoms with Gasteiger partial charge in [-0.25, -0.2) is 5.43 Å². The smallest absolute Gasteiger partial charge is 0.271 e. The van der Waals surface area contributed by atoms with Crippen LogP contribution in [0.4, 0.5) is 0 Å². The van der Waals surface area contributed by atoms with Gasteiger partial charge in [-0.1, -0.05) is 30.3 Å². The number of hydrazone groups is 1. The van der Waals surface area contributed by atoms with Gasteiger partial charge >= 0.3 is 0 Å². The van der Waals surface area contributed by atoms with Crippen LogP contribution in [0.5, 0.6) is 0 Å². The molecule has 92 valence electrons. The summed E-state index contributed by atoms with van der Waals surface area (Å²) in [6, 6.07) is 13.3. The van der Waals surface area contributed by atoms with E-state index in [1.807, 2.05) is 36.4 Å². The number of nitrogens with one attached hydrogen (secondary N) is 1. The third-order valence-electron chi connectivity index (χ3n) is 2.59. The highest BCUT2D eigenvalue weighted by Gasteiger charge is 2.05. The zero-order valence-electron chi connectivity index (χ0n) is 10.1. The van der Waals surface area contributed by atoms with Gasteiger partial charge in [0.2, 0.25) is 0 Å². The van der Waals surface area contributed by atoms with Crippen molar-refractivity contribution in [1.29, 1.82) is 0 Å². The molecule has 0 heterocycles. The molecule has 0 aliphatic heterocycles. The van der Waals surface area contributed by atoms with Crippen molar-refractivity contribution < 1.29 is 9.90 Å². The number of hydrogen-bond donors (Lipinski definition) is 2. The molecule has 0 unspecified atom stereocenters. The Kier molecular flexibility index (Phi) is 3.69. The Morgan fingerprint density at radius 2 is 1.94 bits per heavy atom. The fourth-order valence-corrected chi connectivity index (χ4v) is 1.58. The number of fused-ring (bicyclic) bond motifs is 1. The van der Waals surface area contributed by atoms with E-state index in [0.29, 0.717) is 11.3 Å². The molecule has 18 heavy (non-hydrogen) atoms. The first-order valence-electron chi connectivity index (χ1n) is 5.64. The third-order valence-corrected chi connectivity index (χ3v) is 2.59. The molecule has 2 aromatic rings. The van der Waals surface area contributed by atoms with Crippen LogP contribution in [0.1, 0.15) is 17.3 Å². The number of nitrogens with zero attached hydrogens (tertiary/aromatic N) is 1. The maximum atomic E-state index is 11.8. The van der Waals surface area contributed by atoms with Crippen molar-refractivity contribution in [2.45, 2.75) is 6.92 Å². The molecule has 0 saturated carbocycles. The van der Waals surface area contributed by atoms with Crippen molar-refractivity contribution in [1.82, 2.24) is 5.43 Å². The van der Waals surface area contributed by atoms with E-state index in [9.17, 15) is 4.79 Å². The normalized spacial score (nSPS) is 11.6. The average Bonchev–Trinajstić information content (AvgIpc) is 2.43. The van der Waals surface area contributed by atoms with Crippen LogP contribution in [0.2, 0.25) is 0 Å². The minimum absolute atomic E-state index is 0.169. The van der Waals surface area contributed by atoms with Crippen LogP contribution in [-0.2, 0) is 0 Å². The van der Waals surface area contributed by atoms with Gasteiger partial charge in [0.1, 0.15) is 0 Å². The van der Waals surface area contributed by atoms with Gasteiger partial charge < -0.3 is 5.11 Å². The van der Waals surface area contributed by atoms with E-state index in [4.69, 9.17) is 5.11 Å². The van der Waals surface area contributed by atoms with Crippen molar-refractivity contribution in [2.75, 3.05) is 6.61 Å². The maximum Gasteiger partial charge on any atom is 0.271 e. The number of aliphatic hydroxyl groups excluding tert-OH is 1.